The van der Waals surface area contributed by atoms with Crippen LogP contribution in [0.5, 0.6) is 0 Å². The summed E-state index contributed by atoms with van der Waals surface area (Å²) in [6.07, 6.45) is 2.69. The van der Waals surface area contributed by atoms with Crippen LogP contribution in [0, 0.1) is 5.92 Å². The van der Waals surface area contributed by atoms with Crippen LogP contribution in [0.4, 0.5) is 0 Å². The Kier molecular flexibility index (Phi) is 3.43. The van der Waals surface area contributed by atoms with Gasteiger partial charge in [0.05, 0.1) is 0 Å². The average molecular weight is 264 g/mol. The van der Waals surface area contributed by atoms with E-state index in [2.05, 4.69) is 50.2 Å². The Labute approximate surface area is 120 Å². The van der Waals surface area contributed by atoms with Gasteiger partial charge in [0.15, 0.2) is 5.78 Å². The van der Waals surface area contributed by atoms with Crippen LogP contribution >= 0.6 is 0 Å². The van der Waals surface area contributed by atoms with Crippen LogP contribution < -0.4 is 0 Å². The number of ketones is 1. The molecule has 0 unspecified atom stereocenters. The number of fused-ring (bicyclic) bond motifs is 1. The zero-order valence-corrected chi connectivity index (χ0v) is 12.1. The molecule has 1 aliphatic carbocycles. The van der Waals surface area contributed by atoms with Crippen LogP contribution in [-0.4, -0.2) is 5.78 Å². The van der Waals surface area contributed by atoms with Gasteiger partial charge in [0.1, 0.15) is 0 Å². The van der Waals surface area contributed by atoms with E-state index in [1.54, 1.807) is 0 Å². The molecule has 0 spiro atoms. The quantitative estimate of drug-likeness (QED) is 0.786. The van der Waals surface area contributed by atoms with Crippen molar-refractivity contribution in [1.29, 1.82) is 0 Å². The molecule has 1 aliphatic rings. The number of aryl methyl sites for hydroxylation is 1. The lowest BCUT2D eigenvalue weighted by Gasteiger charge is -2.08. The number of carbonyl (C=O) groups excluding carboxylic acids is 1. The number of benzene rings is 2. The predicted molar refractivity (Wildman–Crippen MR) is 83.1 cm³/mol. The average Bonchev–Trinajstić information content (AvgIpc) is 2.80. The van der Waals surface area contributed by atoms with E-state index in [-0.39, 0.29) is 0 Å². The Morgan fingerprint density at radius 3 is 2.35 bits per heavy atom. The summed E-state index contributed by atoms with van der Waals surface area (Å²) in [4.78, 5) is 11.7. The van der Waals surface area contributed by atoms with E-state index >= 15 is 0 Å². The zero-order valence-electron chi connectivity index (χ0n) is 12.1. The van der Waals surface area contributed by atoms with E-state index in [9.17, 15) is 4.79 Å². The first kappa shape index (κ1) is 13.1. The van der Waals surface area contributed by atoms with Crippen LogP contribution in [-0.2, 0) is 12.8 Å². The van der Waals surface area contributed by atoms with Crippen molar-refractivity contribution in [3.05, 3.63) is 59.2 Å². The standard InChI is InChI=1S/C19H20O/c1-13(2)11-14-3-5-15(6-4-14)16-7-9-18-17(12-16)8-10-19(18)20/h3-7,9,12-13H,8,10-11H2,1-2H3. The zero-order chi connectivity index (χ0) is 14.1. The number of hydrogen-bond acceptors (Lipinski definition) is 1. The van der Waals surface area contributed by atoms with E-state index < -0.39 is 0 Å². The Hall–Kier alpha value is -1.89. The minimum Gasteiger partial charge on any atom is -0.294 e. The Morgan fingerprint density at radius 2 is 1.65 bits per heavy atom. The van der Waals surface area contributed by atoms with Gasteiger partial charge in [-0.25, -0.2) is 0 Å². The lowest BCUT2D eigenvalue weighted by Crippen LogP contribution is -1.94. The summed E-state index contributed by atoms with van der Waals surface area (Å²) in [6.45, 7) is 4.48. The molecule has 0 radical (unpaired) electrons. The van der Waals surface area contributed by atoms with Gasteiger partial charge in [0, 0.05) is 12.0 Å². The fraction of sp³-hybridized carbons (Fsp3) is 0.316. The highest BCUT2D eigenvalue weighted by Crippen LogP contribution is 2.28. The minimum atomic E-state index is 0.291. The van der Waals surface area contributed by atoms with Gasteiger partial charge in [-0.2, -0.15) is 0 Å². The van der Waals surface area contributed by atoms with Gasteiger partial charge in [-0.3, -0.25) is 4.79 Å². The molecule has 0 amide bonds. The molecule has 0 fully saturated rings. The second kappa shape index (κ2) is 5.24. The first-order valence-corrected chi connectivity index (χ1v) is 7.39. The summed E-state index contributed by atoms with van der Waals surface area (Å²) in [5.74, 6) is 0.977. The van der Waals surface area contributed by atoms with E-state index in [0.717, 1.165) is 18.4 Å². The molecule has 3 rings (SSSR count). The number of hydrogen-bond donors (Lipinski definition) is 0. The van der Waals surface area contributed by atoms with Gasteiger partial charge in [0.2, 0.25) is 0 Å². The molecule has 0 bridgehead atoms. The molecule has 0 atom stereocenters. The van der Waals surface area contributed by atoms with Gasteiger partial charge in [0.25, 0.3) is 0 Å². The molecule has 1 heteroatoms. The molecule has 0 heterocycles. The van der Waals surface area contributed by atoms with Crippen LogP contribution in [0.2, 0.25) is 0 Å². The number of carbonyl (C=O) groups is 1. The van der Waals surface area contributed by atoms with Crippen LogP contribution in [0.1, 0.15) is 41.8 Å². The molecule has 1 nitrogen and oxygen atoms in total. The molecular formula is C19H20O. The molecule has 0 N–H and O–H groups in total. The number of rotatable bonds is 3. The lowest BCUT2D eigenvalue weighted by molar-refractivity contribution is 0.0994. The van der Waals surface area contributed by atoms with Crippen molar-refractivity contribution in [2.45, 2.75) is 33.1 Å². The summed E-state index contributed by atoms with van der Waals surface area (Å²) in [7, 11) is 0. The van der Waals surface area contributed by atoms with Crippen molar-refractivity contribution in [2.24, 2.45) is 5.92 Å². The SMILES string of the molecule is CC(C)Cc1ccc(-c2ccc3c(c2)CCC3=O)cc1. The van der Waals surface area contributed by atoms with Crippen molar-refractivity contribution < 1.29 is 4.79 Å². The van der Waals surface area contributed by atoms with Crippen LogP contribution in [0.15, 0.2) is 42.5 Å². The summed E-state index contributed by atoms with van der Waals surface area (Å²) >= 11 is 0. The van der Waals surface area contributed by atoms with Crippen LogP contribution in [0.25, 0.3) is 11.1 Å². The topological polar surface area (TPSA) is 17.1 Å². The predicted octanol–water partition coefficient (Wildman–Crippen LogP) is 4.68. The highest BCUT2D eigenvalue weighted by Gasteiger charge is 2.19. The molecule has 0 saturated carbocycles. The second-order valence-corrected chi connectivity index (χ2v) is 6.09. The number of Topliss-reactive ketones (excluding diaryl/α,β-unsaturated/α-hetero) is 1. The molecule has 0 aromatic heterocycles. The molecule has 2 aromatic rings. The third kappa shape index (κ3) is 2.53. The van der Waals surface area contributed by atoms with Gasteiger partial charge in [-0.1, -0.05) is 56.3 Å². The lowest BCUT2D eigenvalue weighted by atomic mass is 9.97. The maximum Gasteiger partial charge on any atom is 0.163 e. The van der Waals surface area contributed by atoms with E-state index in [0.29, 0.717) is 18.1 Å². The highest BCUT2D eigenvalue weighted by molar-refractivity contribution is 6.00. The van der Waals surface area contributed by atoms with Gasteiger partial charge in [-0.15, -0.1) is 0 Å². The maximum atomic E-state index is 11.7. The molecule has 2 aromatic carbocycles. The first-order chi connectivity index (χ1) is 9.63. The van der Waals surface area contributed by atoms with Crippen molar-refractivity contribution in [1.82, 2.24) is 0 Å². The Morgan fingerprint density at radius 1 is 0.950 bits per heavy atom. The summed E-state index contributed by atoms with van der Waals surface area (Å²) < 4.78 is 0. The van der Waals surface area contributed by atoms with Crippen molar-refractivity contribution in [3.8, 4) is 11.1 Å². The first-order valence-electron chi connectivity index (χ1n) is 7.39. The van der Waals surface area contributed by atoms with Crippen molar-refractivity contribution in [2.75, 3.05) is 0 Å². The maximum absolute atomic E-state index is 11.7. The smallest absolute Gasteiger partial charge is 0.163 e. The highest BCUT2D eigenvalue weighted by atomic mass is 16.1. The molecular weight excluding hydrogens is 244 g/mol. The van der Waals surface area contributed by atoms with Gasteiger partial charge < -0.3 is 0 Å². The summed E-state index contributed by atoms with van der Waals surface area (Å²) in [5.41, 5.74) is 5.97. The van der Waals surface area contributed by atoms with Crippen molar-refractivity contribution >= 4 is 5.78 Å². The van der Waals surface area contributed by atoms with Crippen molar-refractivity contribution in [3.63, 3.8) is 0 Å². The molecule has 102 valence electrons. The van der Waals surface area contributed by atoms with E-state index in [1.165, 1.54) is 22.3 Å². The summed E-state index contributed by atoms with van der Waals surface area (Å²) in [6, 6.07) is 15.0. The summed E-state index contributed by atoms with van der Waals surface area (Å²) in [5, 5.41) is 0. The fourth-order valence-corrected chi connectivity index (χ4v) is 2.94. The fourth-order valence-electron chi connectivity index (χ4n) is 2.94. The molecule has 20 heavy (non-hydrogen) atoms. The molecule has 0 saturated heterocycles. The third-order valence-electron chi connectivity index (χ3n) is 3.96. The molecule has 0 aliphatic heterocycles. The minimum absolute atomic E-state index is 0.291. The Balaban J connectivity index is 1.88. The second-order valence-electron chi connectivity index (χ2n) is 6.09. The van der Waals surface area contributed by atoms with E-state index in [4.69, 9.17) is 0 Å². The Bertz CT molecular complexity index is 635. The van der Waals surface area contributed by atoms with Gasteiger partial charge in [-0.05, 0) is 41.0 Å². The normalized spacial score (nSPS) is 13.8. The monoisotopic (exact) mass is 264 g/mol. The van der Waals surface area contributed by atoms with E-state index in [1.807, 2.05) is 6.07 Å². The largest absolute Gasteiger partial charge is 0.294 e. The van der Waals surface area contributed by atoms with Gasteiger partial charge >= 0.3 is 0 Å². The van der Waals surface area contributed by atoms with Crippen LogP contribution in [0.3, 0.4) is 0 Å². The third-order valence-corrected chi connectivity index (χ3v) is 3.96.